The van der Waals surface area contributed by atoms with E-state index in [-0.39, 0.29) is 0 Å². The molecule has 1 aromatic heterocycles. The van der Waals surface area contributed by atoms with Crippen LogP contribution in [0.1, 0.15) is 42.9 Å². The van der Waals surface area contributed by atoms with Crippen molar-refractivity contribution in [1.29, 1.82) is 0 Å². The first-order valence-electron chi connectivity index (χ1n) is 5.14. The summed E-state index contributed by atoms with van der Waals surface area (Å²) in [4.78, 5) is 2.09. The molecule has 0 bridgehead atoms. The van der Waals surface area contributed by atoms with E-state index in [1.165, 1.54) is 37.0 Å². The first-order valence-corrected chi connectivity index (χ1v) is 7.31. The maximum absolute atomic E-state index is 6.17. The molecule has 1 aromatic rings. The predicted molar refractivity (Wildman–Crippen MR) is 67.9 cm³/mol. The van der Waals surface area contributed by atoms with Crippen LogP contribution in [0.4, 0.5) is 0 Å². The lowest BCUT2D eigenvalue weighted by molar-refractivity contribution is 0.609. The Balaban J connectivity index is 2.13. The zero-order valence-corrected chi connectivity index (χ0v) is 11.2. The molecular formula is C11H14BrClS. The quantitative estimate of drug-likeness (QED) is 0.492. The van der Waals surface area contributed by atoms with E-state index in [4.69, 9.17) is 11.6 Å². The Hall–Kier alpha value is 0.470. The molecule has 1 heterocycles. The molecule has 0 amide bonds. The van der Waals surface area contributed by atoms with Gasteiger partial charge in [-0.2, -0.15) is 0 Å². The van der Waals surface area contributed by atoms with E-state index < -0.39 is 0 Å². The molecule has 1 fully saturated rings. The highest BCUT2D eigenvalue weighted by atomic mass is 79.9. The second-order valence-corrected chi connectivity index (χ2v) is 6.60. The standard InChI is InChI=1S/C11H14BrClS/c12-9-4-2-1-3-8(7-9)11-10(13)5-6-14-11/h5-6,8-9H,1-4,7H2. The highest BCUT2D eigenvalue weighted by molar-refractivity contribution is 9.09. The number of thiophene rings is 1. The van der Waals surface area contributed by atoms with E-state index in [2.05, 4.69) is 21.3 Å². The summed E-state index contributed by atoms with van der Waals surface area (Å²) in [6.07, 6.45) is 6.58. The zero-order valence-electron chi connectivity index (χ0n) is 8.01. The van der Waals surface area contributed by atoms with Gasteiger partial charge in [0.25, 0.3) is 0 Å². The van der Waals surface area contributed by atoms with Gasteiger partial charge in [0.15, 0.2) is 0 Å². The predicted octanol–water partition coefficient (Wildman–Crippen LogP) is 5.21. The van der Waals surface area contributed by atoms with Crippen molar-refractivity contribution in [1.82, 2.24) is 0 Å². The van der Waals surface area contributed by atoms with Crippen molar-refractivity contribution in [2.24, 2.45) is 0 Å². The van der Waals surface area contributed by atoms with Crippen LogP contribution in [0.15, 0.2) is 11.4 Å². The summed E-state index contributed by atoms with van der Waals surface area (Å²) in [7, 11) is 0. The summed E-state index contributed by atoms with van der Waals surface area (Å²) in [6.45, 7) is 0. The third kappa shape index (κ3) is 2.53. The average molecular weight is 294 g/mol. The molecule has 0 saturated heterocycles. The minimum absolute atomic E-state index is 0.688. The third-order valence-corrected chi connectivity index (χ3v) is 5.23. The van der Waals surface area contributed by atoms with Crippen LogP contribution in [0.25, 0.3) is 0 Å². The molecule has 0 aromatic carbocycles. The fraction of sp³-hybridized carbons (Fsp3) is 0.636. The van der Waals surface area contributed by atoms with Crippen molar-refractivity contribution in [2.45, 2.75) is 42.8 Å². The second kappa shape index (κ2) is 5.00. The Morgan fingerprint density at radius 2 is 2.14 bits per heavy atom. The Morgan fingerprint density at radius 1 is 1.36 bits per heavy atom. The van der Waals surface area contributed by atoms with E-state index in [9.17, 15) is 0 Å². The molecule has 1 saturated carbocycles. The summed E-state index contributed by atoms with van der Waals surface area (Å²) < 4.78 is 0. The van der Waals surface area contributed by atoms with Gasteiger partial charge in [-0.1, -0.05) is 40.4 Å². The van der Waals surface area contributed by atoms with Crippen LogP contribution in [0.3, 0.4) is 0 Å². The van der Waals surface area contributed by atoms with Gasteiger partial charge in [-0.15, -0.1) is 11.3 Å². The molecule has 0 spiro atoms. The van der Waals surface area contributed by atoms with Crippen molar-refractivity contribution in [3.05, 3.63) is 21.3 Å². The van der Waals surface area contributed by atoms with Gasteiger partial charge in [0, 0.05) is 9.70 Å². The average Bonchev–Trinajstić information content (AvgIpc) is 2.45. The van der Waals surface area contributed by atoms with Crippen LogP contribution < -0.4 is 0 Å². The number of halogens is 2. The van der Waals surface area contributed by atoms with Crippen LogP contribution in [0, 0.1) is 0 Å². The molecule has 78 valence electrons. The molecule has 2 rings (SSSR count). The topological polar surface area (TPSA) is 0 Å². The van der Waals surface area contributed by atoms with Crippen molar-refractivity contribution in [3.8, 4) is 0 Å². The lowest BCUT2D eigenvalue weighted by Gasteiger charge is -2.14. The van der Waals surface area contributed by atoms with Crippen molar-refractivity contribution in [2.75, 3.05) is 0 Å². The van der Waals surface area contributed by atoms with Crippen LogP contribution in [0.5, 0.6) is 0 Å². The monoisotopic (exact) mass is 292 g/mol. The SMILES string of the molecule is Clc1ccsc1C1CCCCC(Br)C1. The highest BCUT2D eigenvalue weighted by Crippen LogP contribution is 2.40. The molecule has 1 aliphatic carbocycles. The van der Waals surface area contributed by atoms with Gasteiger partial charge in [-0.3, -0.25) is 0 Å². The number of hydrogen-bond donors (Lipinski definition) is 0. The molecule has 2 atom stereocenters. The molecule has 14 heavy (non-hydrogen) atoms. The van der Waals surface area contributed by atoms with Crippen molar-refractivity contribution >= 4 is 38.9 Å². The minimum atomic E-state index is 0.688. The van der Waals surface area contributed by atoms with Gasteiger partial charge in [0.2, 0.25) is 0 Å². The van der Waals surface area contributed by atoms with Gasteiger partial charge in [-0.05, 0) is 36.6 Å². The molecule has 2 unspecified atom stereocenters. The third-order valence-electron chi connectivity index (χ3n) is 2.88. The van der Waals surface area contributed by atoms with E-state index in [0.717, 1.165) is 5.02 Å². The van der Waals surface area contributed by atoms with Crippen LogP contribution >= 0.6 is 38.9 Å². The van der Waals surface area contributed by atoms with Gasteiger partial charge in [0.1, 0.15) is 0 Å². The fourth-order valence-corrected chi connectivity index (χ4v) is 4.27. The van der Waals surface area contributed by atoms with Crippen LogP contribution in [0.2, 0.25) is 5.02 Å². The van der Waals surface area contributed by atoms with Gasteiger partial charge in [-0.25, -0.2) is 0 Å². The summed E-state index contributed by atoms with van der Waals surface area (Å²) in [5.74, 6) is 0.689. The molecule has 0 nitrogen and oxygen atoms in total. The molecule has 0 aliphatic heterocycles. The lowest BCUT2D eigenvalue weighted by atomic mass is 9.99. The molecule has 3 heteroatoms. The van der Waals surface area contributed by atoms with E-state index in [1.807, 2.05) is 17.4 Å². The zero-order chi connectivity index (χ0) is 9.97. The summed E-state index contributed by atoms with van der Waals surface area (Å²) in [5.41, 5.74) is 0. The maximum atomic E-state index is 6.17. The van der Waals surface area contributed by atoms with Crippen molar-refractivity contribution in [3.63, 3.8) is 0 Å². The Kier molecular flexibility index (Phi) is 3.92. The van der Waals surface area contributed by atoms with Gasteiger partial charge in [0.05, 0.1) is 5.02 Å². The smallest absolute Gasteiger partial charge is 0.0547 e. The Morgan fingerprint density at radius 3 is 2.86 bits per heavy atom. The fourth-order valence-electron chi connectivity index (χ4n) is 2.14. The van der Waals surface area contributed by atoms with Crippen LogP contribution in [-0.4, -0.2) is 4.83 Å². The summed E-state index contributed by atoms with van der Waals surface area (Å²) in [5, 5.41) is 3.08. The van der Waals surface area contributed by atoms with E-state index >= 15 is 0 Å². The molecule has 1 aliphatic rings. The number of rotatable bonds is 1. The largest absolute Gasteiger partial charge is 0.147 e. The highest BCUT2D eigenvalue weighted by Gasteiger charge is 2.22. The normalized spacial score (nSPS) is 28.7. The summed E-state index contributed by atoms with van der Waals surface area (Å²) >= 11 is 11.7. The first kappa shape index (κ1) is 11.0. The number of alkyl halides is 1. The van der Waals surface area contributed by atoms with E-state index in [1.54, 1.807) is 0 Å². The summed E-state index contributed by atoms with van der Waals surface area (Å²) in [6, 6.07) is 2.02. The lowest BCUT2D eigenvalue weighted by Crippen LogP contribution is -2.02. The second-order valence-electron chi connectivity index (χ2n) is 3.95. The molecular weight excluding hydrogens is 280 g/mol. The van der Waals surface area contributed by atoms with Crippen LogP contribution in [-0.2, 0) is 0 Å². The van der Waals surface area contributed by atoms with Gasteiger partial charge < -0.3 is 0 Å². The molecule has 0 radical (unpaired) electrons. The maximum Gasteiger partial charge on any atom is 0.0547 e. The molecule has 0 N–H and O–H groups in total. The van der Waals surface area contributed by atoms with E-state index in [0.29, 0.717) is 10.7 Å². The first-order chi connectivity index (χ1) is 6.77. The van der Waals surface area contributed by atoms with Gasteiger partial charge >= 0.3 is 0 Å². The number of hydrogen-bond acceptors (Lipinski definition) is 1. The van der Waals surface area contributed by atoms with Crippen molar-refractivity contribution < 1.29 is 0 Å². The Bertz CT molecular complexity index is 297. The minimum Gasteiger partial charge on any atom is -0.147 e. The Labute approximate surface area is 103 Å².